The molecule has 1 N–H and O–H groups in total. The molecule has 1 atom stereocenters. The first-order chi connectivity index (χ1) is 15.2. The fraction of sp³-hybridized carbons (Fsp3) is 0.480. The zero-order valence-corrected chi connectivity index (χ0v) is 20.4. The molecule has 2 aromatic rings. The zero-order chi connectivity index (χ0) is 23.3. The Hall–Kier alpha value is -2.38. The van der Waals surface area contributed by atoms with Gasteiger partial charge in [-0.2, -0.15) is 0 Å². The molecule has 1 aliphatic rings. The zero-order valence-electron chi connectivity index (χ0n) is 19.6. The highest BCUT2D eigenvalue weighted by molar-refractivity contribution is 7.92. The Labute approximate surface area is 192 Å². The Bertz CT molecular complexity index is 1030. The van der Waals surface area contributed by atoms with Crippen LogP contribution in [0.2, 0.25) is 0 Å². The lowest BCUT2D eigenvalue weighted by Gasteiger charge is -2.30. The fourth-order valence-corrected chi connectivity index (χ4v) is 5.39. The van der Waals surface area contributed by atoms with Gasteiger partial charge >= 0.3 is 0 Å². The molecular weight excluding hydrogens is 422 g/mol. The summed E-state index contributed by atoms with van der Waals surface area (Å²) in [6.07, 6.45) is 4.07. The van der Waals surface area contributed by atoms with E-state index in [0.29, 0.717) is 18.7 Å². The number of carbonyl (C=O) groups excluding carboxylic acids is 1. The molecule has 0 aliphatic carbocycles. The molecule has 1 amide bonds. The van der Waals surface area contributed by atoms with Crippen molar-refractivity contribution in [1.29, 1.82) is 0 Å². The number of hydrogen-bond acceptors (Lipinski definition) is 4. The molecule has 0 spiro atoms. The van der Waals surface area contributed by atoms with Crippen molar-refractivity contribution in [3.05, 3.63) is 64.7 Å². The Kier molecular flexibility index (Phi) is 7.96. The molecule has 32 heavy (non-hydrogen) atoms. The molecule has 0 radical (unpaired) electrons. The lowest BCUT2D eigenvalue weighted by molar-refractivity contribution is -0.122. The van der Waals surface area contributed by atoms with Gasteiger partial charge in [0, 0.05) is 13.1 Å². The monoisotopic (exact) mass is 457 g/mol. The SMILES string of the molecule is CCC(C(=O)NCc1ccc(CN2CCCC2)cc1)N(c1ccc(C)c(C)c1)S(C)(=O)=O. The summed E-state index contributed by atoms with van der Waals surface area (Å²) in [4.78, 5) is 15.5. The molecule has 2 aromatic carbocycles. The second kappa shape index (κ2) is 10.5. The normalized spacial score (nSPS) is 15.5. The first-order valence-electron chi connectivity index (χ1n) is 11.3. The quantitative estimate of drug-likeness (QED) is 0.623. The number of anilines is 1. The highest BCUT2D eigenvalue weighted by atomic mass is 32.2. The van der Waals surface area contributed by atoms with Crippen LogP contribution in [0.15, 0.2) is 42.5 Å². The van der Waals surface area contributed by atoms with Crippen LogP contribution in [0, 0.1) is 13.8 Å². The van der Waals surface area contributed by atoms with E-state index in [1.807, 2.05) is 45.0 Å². The summed E-state index contributed by atoms with van der Waals surface area (Å²) in [5.41, 5.74) is 4.85. The van der Waals surface area contributed by atoms with E-state index in [4.69, 9.17) is 0 Å². The van der Waals surface area contributed by atoms with Gasteiger partial charge in [-0.3, -0.25) is 14.0 Å². The second-order valence-corrected chi connectivity index (χ2v) is 10.6. The predicted molar refractivity (Wildman–Crippen MR) is 130 cm³/mol. The number of carbonyl (C=O) groups is 1. The van der Waals surface area contributed by atoms with Gasteiger partial charge in [-0.1, -0.05) is 37.3 Å². The summed E-state index contributed by atoms with van der Waals surface area (Å²) in [6, 6.07) is 12.9. The Morgan fingerprint density at radius 2 is 1.66 bits per heavy atom. The van der Waals surface area contributed by atoms with E-state index in [0.717, 1.165) is 42.6 Å². The third-order valence-electron chi connectivity index (χ3n) is 6.17. The Morgan fingerprint density at radius 3 is 2.22 bits per heavy atom. The number of aryl methyl sites for hydroxylation is 2. The van der Waals surface area contributed by atoms with Crippen molar-refractivity contribution in [1.82, 2.24) is 10.2 Å². The maximum Gasteiger partial charge on any atom is 0.244 e. The molecule has 3 rings (SSSR count). The minimum Gasteiger partial charge on any atom is -0.350 e. The van der Waals surface area contributed by atoms with Gasteiger partial charge in [-0.15, -0.1) is 0 Å². The van der Waals surface area contributed by atoms with E-state index in [1.54, 1.807) is 6.07 Å². The van der Waals surface area contributed by atoms with Crippen LogP contribution in [0.25, 0.3) is 0 Å². The van der Waals surface area contributed by atoms with E-state index < -0.39 is 16.1 Å². The summed E-state index contributed by atoms with van der Waals surface area (Å²) in [6.45, 7) is 9.39. The second-order valence-electron chi connectivity index (χ2n) is 8.77. The molecule has 0 bridgehead atoms. The van der Waals surface area contributed by atoms with Crippen LogP contribution in [-0.2, 0) is 27.9 Å². The third-order valence-corrected chi connectivity index (χ3v) is 7.35. The Morgan fingerprint density at radius 1 is 1.03 bits per heavy atom. The molecule has 6 nitrogen and oxygen atoms in total. The van der Waals surface area contributed by atoms with E-state index in [2.05, 4.69) is 22.3 Å². The van der Waals surface area contributed by atoms with E-state index in [-0.39, 0.29) is 5.91 Å². The molecule has 1 unspecified atom stereocenters. The van der Waals surface area contributed by atoms with E-state index in [1.165, 1.54) is 22.7 Å². The van der Waals surface area contributed by atoms with Crippen LogP contribution in [0.5, 0.6) is 0 Å². The van der Waals surface area contributed by atoms with Crippen LogP contribution in [0.1, 0.15) is 48.4 Å². The molecule has 1 heterocycles. The van der Waals surface area contributed by atoms with E-state index >= 15 is 0 Å². The van der Waals surface area contributed by atoms with Crippen molar-refractivity contribution >= 4 is 21.6 Å². The highest BCUT2D eigenvalue weighted by Crippen LogP contribution is 2.25. The van der Waals surface area contributed by atoms with Crippen molar-refractivity contribution in [3.63, 3.8) is 0 Å². The fourth-order valence-electron chi connectivity index (χ4n) is 4.19. The van der Waals surface area contributed by atoms with Gasteiger partial charge in [0.2, 0.25) is 15.9 Å². The largest absolute Gasteiger partial charge is 0.350 e. The lowest BCUT2D eigenvalue weighted by atomic mass is 10.1. The molecule has 1 saturated heterocycles. The topological polar surface area (TPSA) is 69.7 Å². The molecule has 1 aliphatic heterocycles. The van der Waals surface area contributed by atoms with E-state index in [9.17, 15) is 13.2 Å². The standard InChI is InChI=1S/C25H35N3O3S/c1-5-24(28(32(4,30)31)23-13-8-19(2)20(3)16-23)25(29)26-17-21-9-11-22(12-10-21)18-27-14-6-7-15-27/h8-13,16,24H,5-7,14-15,17-18H2,1-4H3,(H,26,29). The van der Waals surface area contributed by atoms with Gasteiger partial charge in [-0.05, 0) is 80.6 Å². The van der Waals surface area contributed by atoms with Gasteiger partial charge in [0.1, 0.15) is 6.04 Å². The summed E-state index contributed by atoms with van der Waals surface area (Å²) >= 11 is 0. The van der Waals surface area contributed by atoms with Crippen molar-refractivity contribution in [2.45, 2.75) is 59.2 Å². The minimum absolute atomic E-state index is 0.294. The summed E-state index contributed by atoms with van der Waals surface area (Å²) in [5, 5.41) is 2.94. The maximum atomic E-state index is 13.0. The van der Waals surface area contributed by atoms with Gasteiger partial charge < -0.3 is 5.32 Å². The van der Waals surface area contributed by atoms with Crippen molar-refractivity contribution in [3.8, 4) is 0 Å². The van der Waals surface area contributed by atoms with Crippen LogP contribution >= 0.6 is 0 Å². The van der Waals surface area contributed by atoms with Crippen molar-refractivity contribution in [2.24, 2.45) is 0 Å². The molecule has 7 heteroatoms. The summed E-state index contributed by atoms with van der Waals surface area (Å²) in [7, 11) is -3.64. The third kappa shape index (κ3) is 6.11. The average molecular weight is 458 g/mol. The number of nitrogens with one attached hydrogen (secondary N) is 1. The van der Waals surface area contributed by atoms with Gasteiger partial charge in [0.15, 0.2) is 0 Å². The number of benzene rings is 2. The van der Waals surface area contributed by atoms with Gasteiger partial charge in [-0.25, -0.2) is 8.42 Å². The minimum atomic E-state index is -3.64. The lowest BCUT2D eigenvalue weighted by Crippen LogP contribution is -2.49. The Balaban J connectivity index is 1.68. The van der Waals surface area contributed by atoms with Crippen LogP contribution in [0.3, 0.4) is 0 Å². The van der Waals surface area contributed by atoms with Crippen LogP contribution < -0.4 is 9.62 Å². The number of hydrogen-bond donors (Lipinski definition) is 1. The number of nitrogens with zero attached hydrogens (tertiary/aromatic N) is 2. The molecule has 174 valence electrons. The maximum absolute atomic E-state index is 13.0. The summed E-state index contributed by atoms with van der Waals surface area (Å²) in [5.74, 6) is -0.294. The predicted octanol–water partition coefficient (Wildman–Crippen LogP) is 3.76. The summed E-state index contributed by atoms with van der Waals surface area (Å²) < 4.78 is 26.5. The van der Waals surface area contributed by atoms with Crippen molar-refractivity contribution in [2.75, 3.05) is 23.7 Å². The number of amides is 1. The number of sulfonamides is 1. The first kappa shape index (κ1) is 24.3. The molecule has 0 aromatic heterocycles. The molecule has 1 fully saturated rings. The number of rotatable bonds is 9. The first-order valence-corrected chi connectivity index (χ1v) is 13.2. The average Bonchev–Trinajstić information content (AvgIpc) is 3.25. The smallest absolute Gasteiger partial charge is 0.244 e. The van der Waals surface area contributed by atoms with Crippen LogP contribution in [0.4, 0.5) is 5.69 Å². The highest BCUT2D eigenvalue weighted by Gasteiger charge is 2.31. The van der Waals surface area contributed by atoms with Crippen molar-refractivity contribution < 1.29 is 13.2 Å². The number of likely N-dealkylation sites (tertiary alicyclic amines) is 1. The van der Waals surface area contributed by atoms with Crippen LogP contribution in [-0.4, -0.2) is 44.6 Å². The van der Waals surface area contributed by atoms with Gasteiger partial charge in [0.25, 0.3) is 0 Å². The van der Waals surface area contributed by atoms with Gasteiger partial charge in [0.05, 0.1) is 11.9 Å². The molecule has 0 saturated carbocycles. The molecular formula is C25H35N3O3S.